The van der Waals surface area contributed by atoms with E-state index in [0.717, 1.165) is 12.8 Å². The number of ether oxygens (including phenoxy) is 1. The molecule has 2 rings (SSSR count). The minimum Gasteiger partial charge on any atom is -0.481 e. The topological polar surface area (TPSA) is 75.6 Å². The SMILES string of the molecule is CC(Oc1ccccc1CC(=O)O)C(=O)NC1CC1. The van der Waals surface area contributed by atoms with Crippen LogP contribution in [-0.4, -0.2) is 29.1 Å². The Morgan fingerprint density at radius 1 is 1.42 bits per heavy atom. The highest BCUT2D eigenvalue weighted by molar-refractivity contribution is 5.81. The van der Waals surface area contributed by atoms with Gasteiger partial charge in [0.1, 0.15) is 5.75 Å². The summed E-state index contributed by atoms with van der Waals surface area (Å²) in [4.78, 5) is 22.5. The normalized spacial score (nSPS) is 15.6. The Balaban J connectivity index is 2.00. The molecule has 1 unspecified atom stereocenters. The van der Waals surface area contributed by atoms with Gasteiger partial charge in [0.2, 0.25) is 0 Å². The Morgan fingerprint density at radius 3 is 2.74 bits per heavy atom. The highest BCUT2D eigenvalue weighted by Gasteiger charge is 2.26. The molecule has 1 fully saturated rings. The molecule has 0 radical (unpaired) electrons. The van der Waals surface area contributed by atoms with Gasteiger partial charge < -0.3 is 15.2 Å². The molecule has 102 valence electrons. The maximum Gasteiger partial charge on any atom is 0.307 e. The largest absolute Gasteiger partial charge is 0.481 e. The van der Waals surface area contributed by atoms with E-state index in [-0.39, 0.29) is 18.4 Å². The number of para-hydroxylation sites is 1. The van der Waals surface area contributed by atoms with E-state index in [1.54, 1.807) is 31.2 Å². The molecule has 2 N–H and O–H groups in total. The molecule has 1 aromatic carbocycles. The Labute approximate surface area is 111 Å². The highest BCUT2D eigenvalue weighted by Crippen LogP contribution is 2.21. The van der Waals surface area contributed by atoms with Crippen LogP contribution in [0.3, 0.4) is 0 Å². The number of hydrogen-bond donors (Lipinski definition) is 2. The Bertz CT molecular complexity index is 482. The molecule has 5 nitrogen and oxygen atoms in total. The number of carboxylic acids is 1. The Morgan fingerprint density at radius 2 is 2.11 bits per heavy atom. The van der Waals surface area contributed by atoms with Crippen molar-refractivity contribution in [1.82, 2.24) is 5.32 Å². The van der Waals surface area contributed by atoms with Gasteiger partial charge in [0, 0.05) is 11.6 Å². The predicted molar refractivity (Wildman–Crippen MR) is 69.0 cm³/mol. The lowest BCUT2D eigenvalue weighted by Gasteiger charge is -2.16. The smallest absolute Gasteiger partial charge is 0.307 e. The molecule has 1 atom stereocenters. The Hall–Kier alpha value is -2.04. The molecule has 1 aromatic rings. The van der Waals surface area contributed by atoms with Crippen LogP contribution < -0.4 is 10.1 Å². The third-order valence-electron chi connectivity index (χ3n) is 2.91. The van der Waals surface area contributed by atoms with Crippen molar-refractivity contribution in [2.24, 2.45) is 0 Å². The molecule has 0 saturated heterocycles. The molecule has 0 spiro atoms. The molecular formula is C14H17NO4. The fraction of sp³-hybridized carbons (Fsp3) is 0.429. The van der Waals surface area contributed by atoms with Crippen molar-refractivity contribution in [3.63, 3.8) is 0 Å². The third kappa shape index (κ3) is 3.98. The summed E-state index contributed by atoms with van der Waals surface area (Å²) in [7, 11) is 0. The first kappa shape index (κ1) is 13.4. The molecular weight excluding hydrogens is 246 g/mol. The van der Waals surface area contributed by atoms with Crippen molar-refractivity contribution in [3.05, 3.63) is 29.8 Å². The van der Waals surface area contributed by atoms with E-state index in [1.165, 1.54) is 0 Å². The summed E-state index contributed by atoms with van der Waals surface area (Å²) in [6.45, 7) is 1.66. The summed E-state index contributed by atoms with van der Waals surface area (Å²) in [5, 5.41) is 11.7. The van der Waals surface area contributed by atoms with Gasteiger partial charge in [0.25, 0.3) is 5.91 Å². The Kier molecular flexibility index (Phi) is 4.04. The molecule has 0 aromatic heterocycles. The van der Waals surface area contributed by atoms with Crippen molar-refractivity contribution < 1.29 is 19.4 Å². The van der Waals surface area contributed by atoms with E-state index in [9.17, 15) is 9.59 Å². The number of carbonyl (C=O) groups is 2. The summed E-state index contributed by atoms with van der Waals surface area (Å²) in [5.74, 6) is -0.637. The molecule has 1 aliphatic rings. The van der Waals surface area contributed by atoms with E-state index >= 15 is 0 Å². The molecule has 0 heterocycles. The van der Waals surface area contributed by atoms with Crippen LogP contribution in [0.25, 0.3) is 0 Å². The summed E-state index contributed by atoms with van der Waals surface area (Å²) >= 11 is 0. The number of aliphatic carboxylic acids is 1. The molecule has 19 heavy (non-hydrogen) atoms. The minimum absolute atomic E-state index is 0.118. The van der Waals surface area contributed by atoms with Crippen LogP contribution >= 0.6 is 0 Å². The summed E-state index contributed by atoms with van der Waals surface area (Å²) in [5.41, 5.74) is 0.570. The first-order valence-electron chi connectivity index (χ1n) is 6.33. The highest BCUT2D eigenvalue weighted by atomic mass is 16.5. The van der Waals surface area contributed by atoms with Crippen LogP contribution in [0.4, 0.5) is 0 Å². The van der Waals surface area contributed by atoms with Gasteiger partial charge in [-0.05, 0) is 25.8 Å². The van der Waals surface area contributed by atoms with Crippen molar-refractivity contribution in [2.45, 2.75) is 38.3 Å². The van der Waals surface area contributed by atoms with Gasteiger partial charge in [-0.3, -0.25) is 9.59 Å². The first-order chi connectivity index (χ1) is 9.06. The summed E-state index contributed by atoms with van der Waals surface area (Å²) in [6, 6.07) is 7.16. The lowest BCUT2D eigenvalue weighted by atomic mass is 10.1. The van der Waals surface area contributed by atoms with Crippen LogP contribution in [0.2, 0.25) is 0 Å². The maximum absolute atomic E-state index is 11.8. The van der Waals surface area contributed by atoms with Gasteiger partial charge in [-0.2, -0.15) is 0 Å². The van der Waals surface area contributed by atoms with Crippen molar-refractivity contribution in [1.29, 1.82) is 0 Å². The molecule has 1 amide bonds. The first-order valence-corrected chi connectivity index (χ1v) is 6.33. The van der Waals surface area contributed by atoms with Crippen molar-refractivity contribution in [2.75, 3.05) is 0 Å². The van der Waals surface area contributed by atoms with Crippen LogP contribution in [0.15, 0.2) is 24.3 Å². The van der Waals surface area contributed by atoms with E-state index in [4.69, 9.17) is 9.84 Å². The lowest BCUT2D eigenvalue weighted by Crippen LogP contribution is -2.37. The van der Waals surface area contributed by atoms with Gasteiger partial charge in [-0.25, -0.2) is 0 Å². The van der Waals surface area contributed by atoms with Gasteiger partial charge in [0.05, 0.1) is 6.42 Å². The second-order valence-corrected chi connectivity index (χ2v) is 4.72. The minimum atomic E-state index is -0.925. The van der Waals surface area contributed by atoms with E-state index in [1.807, 2.05) is 0 Å². The average molecular weight is 263 g/mol. The fourth-order valence-corrected chi connectivity index (χ4v) is 1.72. The zero-order chi connectivity index (χ0) is 13.8. The zero-order valence-corrected chi connectivity index (χ0v) is 10.8. The van der Waals surface area contributed by atoms with Gasteiger partial charge in [-0.15, -0.1) is 0 Å². The maximum atomic E-state index is 11.8. The molecule has 5 heteroatoms. The summed E-state index contributed by atoms with van der Waals surface area (Å²) < 4.78 is 5.56. The summed E-state index contributed by atoms with van der Waals surface area (Å²) in [6.07, 6.45) is 1.30. The fourth-order valence-electron chi connectivity index (χ4n) is 1.72. The number of nitrogens with one attached hydrogen (secondary N) is 1. The molecule has 1 saturated carbocycles. The monoisotopic (exact) mass is 263 g/mol. The zero-order valence-electron chi connectivity index (χ0n) is 10.8. The van der Waals surface area contributed by atoms with Crippen molar-refractivity contribution >= 4 is 11.9 Å². The van der Waals surface area contributed by atoms with Gasteiger partial charge in [0.15, 0.2) is 6.10 Å². The van der Waals surface area contributed by atoms with Crippen LogP contribution in [0.1, 0.15) is 25.3 Å². The van der Waals surface area contributed by atoms with Crippen molar-refractivity contribution in [3.8, 4) is 5.75 Å². The number of amides is 1. The predicted octanol–water partition coefficient (Wildman–Crippen LogP) is 1.36. The number of hydrogen-bond acceptors (Lipinski definition) is 3. The standard InChI is InChI=1S/C14H17NO4/c1-9(14(18)15-11-6-7-11)19-12-5-3-2-4-10(12)8-13(16)17/h2-5,9,11H,6-8H2,1H3,(H,15,18)(H,16,17). The van der Waals surface area contributed by atoms with E-state index < -0.39 is 12.1 Å². The number of carbonyl (C=O) groups excluding carboxylic acids is 1. The van der Waals surface area contributed by atoms with Gasteiger partial charge in [-0.1, -0.05) is 18.2 Å². The van der Waals surface area contributed by atoms with Crippen LogP contribution in [0.5, 0.6) is 5.75 Å². The van der Waals surface area contributed by atoms with Crippen LogP contribution in [-0.2, 0) is 16.0 Å². The average Bonchev–Trinajstić information content (AvgIpc) is 3.14. The van der Waals surface area contributed by atoms with Gasteiger partial charge >= 0.3 is 5.97 Å². The quantitative estimate of drug-likeness (QED) is 0.812. The third-order valence-corrected chi connectivity index (χ3v) is 2.91. The van der Waals surface area contributed by atoms with E-state index in [2.05, 4.69) is 5.32 Å². The second-order valence-electron chi connectivity index (χ2n) is 4.72. The number of carboxylic acid groups (broad SMARTS) is 1. The van der Waals surface area contributed by atoms with Crippen LogP contribution in [0, 0.1) is 0 Å². The second kappa shape index (κ2) is 5.73. The molecule has 1 aliphatic carbocycles. The lowest BCUT2D eigenvalue weighted by molar-refractivity contribution is -0.136. The van der Waals surface area contributed by atoms with E-state index in [0.29, 0.717) is 11.3 Å². The molecule has 0 aliphatic heterocycles. The number of benzene rings is 1. The number of rotatable bonds is 6. The molecule has 0 bridgehead atoms.